The quantitative estimate of drug-likeness (QED) is 0.869. The molecule has 3 atom stereocenters. The Morgan fingerprint density at radius 3 is 2.58 bits per heavy atom. The number of nitrogens with zero attached hydrogens (tertiary/aromatic N) is 2. The Labute approximate surface area is 145 Å². The summed E-state index contributed by atoms with van der Waals surface area (Å²) in [4.78, 5) is 2.49. The van der Waals surface area contributed by atoms with Gasteiger partial charge in [-0.1, -0.05) is 30.3 Å². The third kappa shape index (κ3) is 4.17. The number of nitrogens with two attached hydrogens (primary N) is 1. The Kier molecular flexibility index (Phi) is 5.59. The van der Waals surface area contributed by atoms with Crippen LogP contribution in [0.5, 0.6) is 0 Å². The second-order valence-electron chi connectivity index (χ2n) is 7.36. The van der Waals surface area contributed by atoms with Crippen molar-refractivity contribution in [3.63, 3.8) is 0 Å². The molecule has 3 rings (SSSR count). The highest BCUT2D eigenvalue weighted by atomic mass is 32.2. The van der Waals surface area contributed by atoms with E-state index in [9.17, 15) is 8.42 Å². The lowest BCUT2D eigenvalue weighted by Crippen LogP contribution is -2.43. The van der Waals surface area contributed by atoms with Crippen molar-refractivity contribution in [1.82, 2.24) is 9.21 Å². The second-order valence-corrected chi connectivity index (χ2v) is 9.34. The first kappa shape index (κ1) is 17.9. The summed E-state index contributed by atoms with van der Waals surface area (Å²) in [5.74, 6) is 1.41. The normalized spacial score (nSPS) is 29.8. The monoisotopic (exact) mass is 351 g/mol. The van der Waals surface area contributed by atoms with Gasteiger partial charge < -0.3 is 10.6 Å². The molecule has 1 aromatic carbocycles. The number of hydrogen-bond donors (Lipinski definition) is 1. The number of hydrogen-bond acceptors (Lipinski definition) is 4. The minimum absolute atomic E-state index is 0.432. The molecule has 0 aliphatic carbocycles. The molecule has 24 heavy (non-hydrogen) atoms. The molecule has 2 aliphatic heterocycles. The number of benzene rings is 1. The van der Waals surface area contributed by atoms with Gasteiger partial charge in [0, 0.05) is 38.6 Å². The smallest absolute Gasteiger partial charge is 0.211 e. The zero-order valence-electron chi connectivity index (χ0n) is 14.5. The lowest BCUT2D eigenvalue weighted by molar-refractivity contribution is 0.197. The molecule has 1 aromatic rings. The molecule has 5 nitrogen and oxygen atoms in total. The molecule has 2 aliphatic rings. The minimum atomic E-state index is -3.07. The van der Waals surface area contributed by atoms with Crippen molar-refractivity contribution in [1.29, 1.82) is 0 Å². The van der Waals surface area contributed by atoms with E-state index in [0.717, 1.165) is 32.5 Å². The van der Waals surface area contributed by atoms with Gasteiger partial charge in [0.2, 0.25) is 10.0 Å². The molecule has 134 valence electrons. The van der Waals surface area contributed by atoms with Crippen molar-refractivity contribution in [3.8, 4) is 0 Å². The molecule has 0 saturated carbocycles. The van der Waals surface area contributed by atoms with E-state index >= 15 is 0 Å². The van der Waals surface area contributed by atoms with Crippen LogP contribution >= 0.6 is 0 Å². The molecule has 0 spiro atoms. The van der Waals surface area contributed by atoms with Crippen molar-refractivity contribution in [3.05, 3.63) is 35.9 Å². The molecule has 0 radical (unpaired) electrons. The lowest BCUT2D eigenvalue weighted by Gasteiger charge is -2.33. The van der Waals surface area contributed by atoms with Crippen LogP contribution in [0.4, 0.5) is 0 Å². The van der Waals surface area contributed by atoms with Crippen LogP contribution in [-0.2, 0) is 10.0 Å². The van der Waals surface area contributed by atoms with E-state index in [1.165, 1.54) is 11.8 Å². The molecule has 0 amide bonds. The highest BCUT2D eigenvalue weighted by molar-refractivity contribution is 7.88. The number of sulfonamides is 1. The molecule has 2 fully saturated rings. The van der Waals surface area contributed by atoms with E-state index in [0.29, 0.717) is 37.4 Å². The van der Waals surface area contributed by atoms with Gasteiger partial charge in [0.15, 0.2) is 0 Å². The van der Waals surface area contributed by atoms with Gasteiger partial charge in [-0.3, -0.25) is 0 Å². The summed E-state index contributed by atoms with van der Waals surface area (Å²) >= 11 is 0. The third-order valence-corrected chi connectivity index (χ3v) is 6.78. The van der Waals surface area contributed by atoms with E-state index in [4.69, 9.17) is 5.73 Å². The van der Waals surface area contributed by atoms with Gasteiger partial charge in [-0.05, 0) is 36.8 Å². The van der Waals surface area contributed by atoms with E-state index < -0.39 is 10.0 Å². The summed E-state index contributed by atoms with van der Waals surface area (Å²) in [6, 6.07) is 10.6. The lowest BCUT2D eigenvalue weighted by atomic mass is 9.89. The van der Waals surface area contributed by atoms with E-state index in [2.05, 4.69) is 35.2 Å². The van der Waals surface area contributed by atoms with Gasteiger partial charge in [-0.15, -0.1) is 0 Å². The van der Waals surface area contributed by atoms with Crippen molar-refractivity contribution in [2.75, 3.05) is 45.5 Å². The average Bonchev–Trinajstić information content (AvgIpc) is 2.98. The van der Waals surface area contributed by atoms with Crippen LogP contribution in [0.25, 0.3) is 0 Å². The third-order valence-electron chi connectivity index (χ3n) is 5.51. The van der Waals surface area contributed by atoms with Crippen molar-refractivity contribution >= 4 is 10.0 Å². The predicted molar refractivity (Wildman–Crippen MR) is 97.3 cm³/mol. The topological polar surface area (TPSA) is 66.6 Å². The fourth-order valence-electron chi connectivity index (χ4n) is 4.27. The maximum atomic E-state index is 11.8. The molecule has 0 aromatic heterocycles. The summed E-state index contributed by atoms with van der Waals surface area (Å²) in [6.45, 7) is 5.07. The Morgan fingerprint density at radius 1 is 1.17 bits per heavy atom. The first-order chi connectivity index (χ1) is 11.5. The summed E-state index contributed by atoms with van der Waals surface area (Å²) in [6.07, 6.45) is 3.40. The molecular formula is C18H29N3O2S. The standard InChI is InChI=1S/C18H29N3O2S/c1-24(22,23)21-9-5-6-15(12-21)11-20-13-17(10-19)18(14-20)16-7-3-2-4-8-16/h2-4,7-8,15,17-18H,5-6,9-14,19H2,1H3/t15?,17-,18+/m1/s1. The zero-order valence-corrected chi connectivity index (χ0v) is 15.3. The van der Waals surface area contributed by atoms with Crippen molar-refractivity contribution < 1.29 is 8.42 Å². The van der Waals surface area contributed by atoms with Gasteiger partial charge >= 0.3 is 0 Å². The molecule has 2 heterocycles. The SMILES string of the molecule is CS(=O)(=O)N1CCCC(CN2C[C@@H](CN)[C@H](c3ccccc3)C2)C1. The summed E-state index contributed by atoms with van der Waals surface area (Å²) in [5, 5.41) is 0. The molecule has 1 unspecified atom stereocenters. The Morgan fingerprint density at radius 2 is 1.92 bits per heavy atom. The number of piperidine rings is 1. The van der Waals surface area contributed by atoms with Crippen LogP contribution in [0, 0.1) is 11.8 Å². The fourth-order valence-corrected chi connectivity index (χ4v) is 5.21. The fraction of sp³-hybridized carbons (Fsp3) is 0.667. The average molecular weight is 352 g/mol. The molecule has 2 saturated heterocycles. The summed E-state index contributed by atoms with van der Waals surface area (Å²) in [7, 11) is -3.07. The van der Waals surface area contributed by atoms with Gasteiger partial charge in [0.05, 0.1) is 6.26 Å². The van der Waals surface area contributed by atoms with E-state index in [1.807, 2.05) is 0 Å². The van der Waals surface area contributed by atoms with Crippen molar-refractivity contribution in [2.45, 2.75) is 18.8 Å². The molecule has 6 heteroatoms. The highest BCUT2D eigenvalue weighted by Crippen LogP contribution is 2.33. The Hall–Kier alpha value is -0.950. The van der Waals surface area contributed by atoms with Crippen LogP contribution in [0.15, 0.2) is 30.3 Å². The number of rotatable bonds is 5. The predicted octanol–water partition coefficient (Wildman–Crippen LogP) is 1.33. The van der Waals surface area contributed by atoms with Crippen molar-refractivity contribution in [2.24, 2.45) is 17.6 Å². The summed E-state index contributed by atoms with van der Waals surface area (Å²) < 4.78 is 25.2. The largest absolute Gasteiger partial charge is 0.330 e. The molecular weight excluding hydrogens is 322 g/mol. The highest BCUT2D eigenvalue weighted by Gasteiger charge is 2.35. The van der Waals surface area contributed by atoms with Crippen LogP contribution in [0.2, 0.25) is 0 Å². The Balaban J connectivity index is 1.62. The van der Waals surface area contributed by atoms with Crippen LogP contribution in [0.3, 0.4) is 0 Å². The number of likely N-dealkylation sites (tertiary alicyclic amines) is 1. The second kappa shape index (κ2) is 7.52. The van der Waals surface area contributed by atoms with E-state index in [-0.39, 0.29) is 0 Å². The first-order valence-corrected chi connectivity index (χ1v) is 10.7. The first-order valence-electron chi connectivity index (χ1n) is 8.90. The van der Waals surface area contributed by atoms with Gasteiger partial charge in [-0.2, -0.15) is 0 Å². The zero-order chi connectivity index (χ0) is 17.2. The maximum Gasteiger partial charge on any atom is 0.211 e. The van der Waals surface area contributed by atoms with Gasteiger partial charge in [0.25, 0.3) is 0 Å². The van der Waals surface area contributed by atoms with Crippen LogP contribution in [0.1, 0.15) is 24.3 Å². The molecule has 0 bridgehead atoms. The van der Waals surface area contributed by atoms with Gasteiger partial charge in [0.1, 0.15) is 0 Å². The van der Waals surface area contributed by atoms with Crippen LogP contribution < -0.4 is 5.73 Å². The van der Waals surface area contributed by atoms with Gasteiger partial charge in [-0.25, -0.2) is 12.7 Å². The van der Waals surface area contributed by atoms with E-state index in [1.54, 1.807) is 4.31 Å². The van der Waals surface area contributed by atoms with Crippen LogP contribution in [-0.4, -0.2) is 63.1 Å². The minimum Gasteiger partial charge on any atom is -0.330 e. The maximum absolute atomic E-state index is 11.8. The summed E-state index contributed by atoms with van der Waals surface area (Å²) in [5.41, 5.74) is 7.39. The molecule has 2 N–H and O–H groups in total. The Bertz CT molecular complexity index is 635.